The van der Waals surface area contributed by atoms with E-state index in [1.54, 1.807) is 18.5 Å². The van der Waals surface area contributed by atoms with Crippen LogP contribution < -0.4 is 10.1 Å². The Morgan fingerprint density at radius 1 is 1.17 bits per heavy atom. The summed E-state index contributed by atoms with van der Waals surface area (Å²) in [5.41, 5.74) is 1.02. The molecule has 1 heterocycles. The zero-order chi connectivity index (χ0) is 21.7. The highest BCUT2D eigenvalue weighted by atomic mass is 32.2. The van der Waals surface area contributed by atoms with Crippen molar-refractivity contribution in [2.24, 2.45) is 7.05 Å². The Morgan fingerprint density at radius 3 is 2.60 bits per heavy atom. The molecule has 6 nitrogen and oxygen atoms in total. The number of rotatable bonds is 8. The van der Waals surface area contributed by atoms with Crippen molar-refractivity contribution in [3.63, 3.8) is 0 Å². The second-order valence-corrected chi connectivity index (χ2v) is 7.67. The van der Waals surface area contributed by atoms with Crippen molar-refractivity contribution in [2.75, 3.05) is 5.75 Å². The van der Waals surface area contributed by atoms with E-state index in [1.165, 1.54) is 17.8 Å². The second kappa shape index (κ2) is 9.71. The Labute approximate surface area is 177 Å². The number of thioether (sulfide) groups is 1. The third-order valence-corrected chi connectivity index (χ3v) is 5.46. The standard InChI is InChI=1S/C21H22F2N4O2S/c1-13(15-7-5-4-6-8-15)24-19(28)12-30-21-26-25-20(27(21)3)14(2)29-18-10-9-16(22)11-17(18)23/h4-11,13-14H,12H2,1-3H3,(H,24,28). The summed E-state index contributed by atoms with van der Waals surface area (Å²) >= 11 is 1.24. The molecule has 1 amide bonds. The molecule has 3 rings (SSSR count). The summed E-state index contributed by atoms with van der Waals surface area (Å²) in [4.78, 5) is 12.3. The maximum Gasteiger partial charge on any atom is 0.230 e. The molecule has 0 spiro atoms. The Morgan fingerprint density at radius 2 is 1.90 bits per heavy atom. The van der Waals surface area contributed by atoms with E-state index in [0.717, 1.165) is 17.7 Å². The number of hydrogen-bond donors (Lipinski definition) is 1. The molecule has 0 saturated heterocycles. The van der Waals surface area contributed by atoms with E-state index >= 15 is 0 Å². The summed E-state index contributed by atoms with van der Waals surface area (Å²) in [7, 11) is 1.74. The molecule has 0 bridgehead atoms. The average Bonchev–Trinajstić information content (AvgIpc) is 3.09. The number of ether oxygens (including phenoxy) is 1. The number of aromatic nitrogens is 3. The van der Waals surface area contributed by atoms with Crippen LogP contribution >= 0.6 is 11.8 Å². The maximum atomic E-state index is 13.8. The molecule has 2 unspecified atom stereocenters. The molecule has 0 aliphatic heterocycles. The third kappa shape index (κ3) is 5.35. The highest BCUT2D eigenvalue weighted by Gasteiger charge is 2.20. The predicted octanol–water partition coefficient (Wildman–Crippen LogP) is 4.20. The SMILES string of the molecule is CC(NC(=O)CSc1nnc(C(C)Oc2ccc(F)cc2F)n1C)c1ccccc1. The van der Waals surface area contributed by atoms with E-state index in [9.17, 15) is 13.6 Å². The van der Waals surface area contributed by atoms with Crippen molar-refractivity contribution in [1.82, 2.24) is 20.1 Å². The number of amides is 1. The van der Waals surface area contributed by atoms with Gasteiger partial charge in [0.25, 0.3) is 0 Å². The first-order chi connectivity index (χ1) is 14.3. The Kier molecular flexibility index (Phi) is 7.04. The number of carbonyl (C=O) groups excluding carboxylic acids is 1. The van der Waals surface area contributed by atoms with Crippen LogP contribution in [-0.2, 0) is 11.8 Å². The molecule has 30 heavy (non-hydrogen) atoms. The highest BCUT2D eigenvalue weighted by Crippen LogP contribution is 2.26. The fourth-order valence-electron chi connectivity index (χ4n) is 2.86. The minimum absolute atomic E-state index is 0.0737. The van der Waals surface area contributed by atoms with Gasteiger partial charge in [0.05, 0.1) is 11.8 Å². The zero-order valence-corrected chi connectivity index (χ0v) is 17.6. The van der Waals surface area contributed by atoms with Gasteiger partial charge in [0.2, 0.25) is 5.91 Å². The fourth-order valence-corrected chi connectivity index (χ4v) is 3.59. The molecule has 0 aliphatic carbocycles. The average molecular weight is 432 g/mol. The molecule has 2 aromatic carbocycles. The summed E-state index contributed by atoms with van der Waals surface area (Å²) < 4.78 is 34.1. The quantitative estimate of drug-likeness (QED) is 0.540. The van der Waals surface area contributed by atoms with Crippen LogP contribution in [0.1, 0.15) is 37.4 Å². The Balaban J connectivity index is 1.57. The van der Waals surface area contributed by atoms with Gasteiger partial charge in [0.15, 0.2) is 28.7 Å². The second-order valence-electron chi connectivity index (χ2n) is 6.72. The lowest BCUT2D eigenvalue weighted by Gasteiger charge is -2.15. The fraction of sp³-hybridized carbons (Fsp3) is 0.286. The van der Waals surface area contributed by atoms with Crippen LogP contribution in [0.5, 0.6) is 5.75 Å². The minimum Gasteiger partial charge on any atom is -0.480 e. The molecule has 1 N–H and O–H groups in total. The molecule has 0 aliphatic rings. The number of carbonyl (C=O) groups is 1. The first-order valence-electron chi connectivity index (χ1n) is 9.33. The summed E-state index contributed by atoms with van der Waals surface area (Å²) in [5, 5.41) is 11.6. The smallest absolute Gasteiger partial charge is 0.230 e. The van der Waals surface area contributed by atoms with Crippen molar-refractivity contribution in [1.29, 1.82) is 0 Å². The highest BCUT2D eigenvalue weighted by molar-refractivity contribution is 7.99. The number of nitrogens with one attached hydrogen (secondary N) is 1. The maximum absolute atomic E-state index is 13.8. The Hall–Kier alpha value is -2.94. The van der Waals surface area contributed by atoms with E-state index in [2.05, 4.69) is 15.5 Å². The number of hydrogen-bond acceptors (Lipinski definition) is 5. The minimum atomic E-state index is -0.789. The topological polar surface area (TPSA) is 69.0 Å². The molecule has 158 valence electrons. The number of benzene rings is 2. The molecule has 2 atom stereocenters. The van der Waals surface area contributed by atoms with E-state index < -0.39 is 17.7 Å². The lowest BCUT2D eigenvalue weighted by molar-refractivity contribution is -0.119. The molecule has 9 heteroatoms. The van der Waals surface area contributed by atoms with Gasteiger partial charge in [-0.25, -0.2) is 8.78 Å². The van der Waals surface area contributed by atoms with Crippen molar-refractivity contribution in [3.05, 3.63) is 71.6 Å². The first-order valence-corrected chi connectivity index (χ1v) is 10.3. The van der Waals surface area contributed by atoms with Gasteiger partial charge < -0.3 is 14.6 Å². The van der Waals surface area contributed by atoms with Crippen LogP contribution in [0.2, 0.25) is 0 Å². The van der Waals surface area contributed by atoms with Gasteiger partial charge in [0.1, 0.15) is 5.82 Å². The van der Waals surface area contributed by atoms with Crippen molar-refractivity contribution < 1.29 is 18.3 Å². The van der Waals surface area contributed by atoms with Crippen LogP contribution in [0.4, 0.5) is 8.78 Å². The normalized spacial score (nSPS) is 13.0. The molecule has 0 radical (unpaired) electrons. The van der Waals surface area contributed by atoms with Gasteiger partial charge in [-0.15, -0.1) is 10.2 Å². The van der Waals surface area contributed by atoms with Gasteiger partial charge in [-0.3, -0.25) is 4.79 Å². The molecular weight excluding hydrogens is 410 g/mol. The van der Waals surface area contributed by atoms with Crippen LogP contribution in [0.3, 0.4) is 0 Å². The molecule has 0 saturated carbocycles. The summed E-state index contributed by atoms with van der Waals surface area (Å²) in [6, 6.07) is 12.7. The molecular formula is C21H22F2N4O2S. The van der Waals surface area contributed by atoms with Gasteiger partial charge in [-0.2, -0.15) is 0 Å². The van der Waals surface area contributed by atoms with Crippen LogP contribution in [0.25, 0.3) is 0 Å². The van der Waals surface area contributed by atoms with Crippen LogP contribution in [0, 0.1) is 11.6 Å². The monoisotopic (exact) mass is 432 g/mol. The van der Waals surface area contributed by atoms with Crippen LogP contribution in [0.15, 0.2) is 53.7 Å². The van der Waals surface area contributed by atoms with Gasteiger partial charge in [-0.1, -0.05) is 42.1 Å². The van der Waals surface area contributed by atoms with Gasteiger partial charge in [0, 0.05) is 13.1 Å². The van der Waals surface area contributed by atoms with Gasteiger partial charge in [-0.05, 0) is 31.5 Å². The van der Waals surface area contributed by atoms with E-state index in [-0.39, 0.29) is 23.5 Å². The number of nitrogens with zero attached hydrogens (tertiary/aromatic N) is 3. The molecule has 0 fully saturated rings. The third-order valence-electron chi connectivity index (χ3n) is 4.44. The van der Waals surface area contributed by atoms with Crippen molar-refractivity contribution in [2.45, 2.75) is 31.1 Å². The first kappa shape index (κ1) is 21.8. The van der Waals surface area contributed by atoms with E-state index in [4.69, 9.17) is 4.74 Å². The summed E-state index contributed by atoms with van der Waals surface area (Å²) in [6.45, 7) is 3.61. The largest absolute Gasteiger partial charge is 0.480 e. The predicted molar refractivity (Wildman–Crippen MR) is 110 cm³/mol. The van der Waals surface area contributed by atoms with Gasteiger partial charge >= 0.3 is 0 Å². The lowest BCUT2D eigenvalue weighted by atomic mass is 10.1. The van der Waals surface area contributed by atoms with Crippen LogP contribution in [-0.4, -0.2) is 26.4 Å². The lowest BCUT2D eigenvalue weighted by Crippen LogP contribution is -2.28. The van der Waals surface area contributed by atoms with Crippen molar-refractivity contribution in [3.8, 4) is 5.75 Å². The van der Waals surface area contributed by atoms with Crippen molar-refractivity contribution >= 4 is 17.7 Å². The molecule has 3 aromatic rings. The zero-order valence-electron chi connectivity index (χ0n) is 16.8. The molecule has 1 aromatic heterocycles. The number of halogens is 2. The Bertz CT molecular complexity index is 1010. The van der Waals surface area contributed by atoms with E-state index in [0.29, 0.717) is 11.0 Å². The summed E-state index contributed by atoms with van der Waals surface area (Å²) in [5.74, 6) is -1.04. The van der Waals surface area contributed by atoms with E-state index in [1.807, 2.05) is 37.3 Å². The summed E-state index contributed by atoms with van der Waals surface area (Å²) in [6.07, 6.45) is -0.622.